The highest BCUT2D eigenvalue weighted by atomic mass is 35.5. The minimum absolute atomic E-state index is 0.397. The van der Waals surface area contributed by atoms with Gasteiger partial charge in [-0.25, -0.2) is 4.98 Å². The first-order valence-electron chi connectivity index (χ1n) is 9.23. The van der Waals surface area contributed by atoms with Crippen LogP contribution in [0, 0.1) is 6.92 Å². The van der Waals surface area contributed by atoms with E-state index >= 15 is 0 Å². The minimum Gasteiger partial charge on any atom is -0.497 e. The van der Waals surface area contributed by atoms with Gasteiger partial charge in [-0.15, -0.1) is 0 Å². The van der Waals surface area contributed by atoms with Gasteiger partial charge in [0.15, 0.2) is 5.76 Å². The highest BCUT2D eigenvalue weighted by Gasteiger charge is 2.15. The SMILES string of the molecule is COc1ccc2c(-c3cc(-c4cc5ccc(C)cc5nc4Cl)on3)cccc2c1. The van der Waals surface area contributed by atoms with Crippen molar-refractivity contribution < 1.29 is 9.26 Å². The molecule has 0 amide bonds. The largest absolute Gasteiger partial charge is 0.497 e. The van der Waals surface area contributed by atoms with Gasteiger partial charge in [-0.1, -0.05) is 53.2 Å². The van der Waals surface area contributed by atoms with Crippen LogP contribution in [0.3, 0.4) is 0 Å². The summed E-state index contributed by atoms with van der Waals surface area (Å²) in [6.07, 6.45) is 0. The van der Waals surface area contributed by atoms with Gasteiger partial charge in [0.1, 0.15) is 16.6 Å². The Hall–Kier alpha value is -3.37. The fraction of sp³-hybridized carbons (Fsp3) is 0.0833. The molecule has 0 aliphatic carbocycles. The van der Waals surface area contributed by atoms with Crippen molar-refractivity contribution in [1.82, 2.24) is 10.1 Å². The number of pyridine rings is 1. The summed E-state index contributed by atoms with van der Waals surface area (Å²) < 4.78 is 11.0. The number of aromatic nitrogens is 2. The molecule has 0 saturated carbocycles. The Labute approximate surface area is 172 Å². The third kappa shape index (κ3) is 3.12. The number of hydrogen-bond acceptors (Lipinski definition) is 4. The molecule has 0 aliphatic rings. The molecule has 2 aromatic heterocycles. The number of hydrogen-bond donors (Lipinski definition) is 0. The van der Waals surface area contributed by atoms with Crippen molar-refractivity contribution in [1.29, 1.82) is 0 Å². The van der Waals surface area contributed by atoms with E-state index in [2.05, 4.69) is 22.3 Å². The number of benzene rings is 3. The van der Waals surface area contributed by atoms with E-state index in [9.17, 15) is 0 Å². The molecular formula is C24H17ClN2O2. The van der Waals surface area contributed by atoms with Crippen LogP contribution in [-0.2, 0) is 0 Å². The first-order valence-corrected chi connectivity index (χ1v) is 9.61. The Morgan fingerprint density at radius 1 is 0.897 bits per heavy atom. The fourth-order valence-electron chi connectivity index (χ4n) is 3.57. The van der Waals surface area contributed by atoms with Gasteiger partial charge in [0.2, 0.25) is 0 Å². The van der Waals surface area contributed by atoms with Crippen molar-refractivity contribution in [3.05, 3.63) is 77.4 Å². The molecular weight excluding hydrogens is 384 g/mol. The lowest BCUT2D eigenvalue weighted by atomic mass is 10.0. The van der Waals surface area contributed by atoms with Crippen molar-refractivity contribution in [3.63, 3.8) is 0 Å². The molecule has 142 valence electrons. The summed E-state index contributed by atoms with van der Waals surface area (Å²) >= 11 is 6.46. The van der Waals surface area contributed by atoms with Gasteiger partial charge >= 0.3 is 0 Å². The van der Waals surface area contributed by atoms with Gasteiger partial charge in [0.25, 0.3) is 0 Å². The molecule has 0 aliphatic heterocycles. The molecule has 0 spiro atoms. The Bertz CT molecular complexity index is 1370. The van der Waals surface area contributed by atoms with E-state index in [0.717, 1.165) is 49.8 Å². The molecule has 29 heavy (non-hydrogen) atoms. The van der Waals surface area contributed by atoms with Crippen molar-refractivity contribution in [2.24, 2.45) is 0 Å². The van der Waals surface area contributed by atoms with E-state index < -0.39 is 0 Å². The third-order valence-electron chi connectivity index (χ3n) is 5.07. The Morgan fingerprint density at radius 2 is 1.79 bits per heavy atom. The molecule has 0 atom stereocenters. The lowest BCUT2D eigenvalue weighted by Crippen LogP contribution is -1.86. The smallest absolute Gasteiger partial charge is 0.170 e. The first kappa shape index (κ1) is 17.7. The van der Waals surface area contributed by atoms with Crippen LogP contribution in [0.5, 0.6) is 5.75 Å². The van der Waals surface area contributed by atoms with Crippen molar-refractivity contribution in [3.8, 4) is 28.3 Å². The van der Waals surface area contributed by atoms with Gasteiger partial charge in [0, 0.05) is 17.0 Å². The maximum Gasteiger partial charge on any atom is 0.170 e. The average molecular weight is 401 g/mol. The second kappa shape index (κ2) is 6.90. The zero-order chi connectivity index (χ0) is 20.0. The highest BCUT2D eigenvalue weighted by molar-refractivity contribution is 6.32. The summed E-state index contributed by atoms with van der Waals surface area (Å²) in [7, 11) is 1.66. The number of rotatable bonds is 3. The van der Waals surface area contributed by atoms with Crippen molar-refractivity contribution in [2.75, 3.05) is 7.11 Å². The minimum atomic E-state index is 0.397. The predicted molar refractivity (Wildman–Crippen MR) is 116 cm³/mol. The van der Waals surface area contributed by atoms with Crippen LogP contribution in [0.15, 0.2) is 71.3 Å². The molecule has 0 bridgehead atoms. The summed E-state index contributed by atoms with van der Waals surface area (Å²) in [6, 6.07) is 22.1. The Kier molecular flexibility index (Phi) is 4.22. The van der Waals surface area contributed by atoms with Gasteiger partial charge < -0.3 is 9.26 Å². The molecule has 5 rings (SSSR count). The molecule has 0 N–H and O–H groups in total. The van der Waals surface area contributed by atoms with E-state index in [1.54, 1.807) is 7.11 Å². The number of fused-ring (bicyclic) bond motifs is 2. The van der Waals surface area contributed by atoms with E-state index in [1.165, 1.54) is 0 Å². The van der Waals surface area contributed by atoms with Crippen LogP contribution >= 0.6 is 11.6 Å². The summed E-state index contributed by atoms with van der Waals surface area (Å²) in [6.45, 7) is 2.03. The Morgan fingerprint density at radius 3 is 2.66 bits per heavy atom. The summed E-state index contributed by atoms with van der Waals surface area (Å²) in [5.74, 6) is 1.41. The number of nitrogens with zero attached hydrogens (tertiary/aromatic N) is 2. The Balaban J connectivity index is 1.61. The van der Waals surface area contributed by atoms with Gasteiger partial charge in [-0.3, -0.25) is 0 Å². The fourth-order valence-corrected chi connectivity index (χ4v) is 3.81. The summed E-state index contributed by atoms with van der Waals surface area (Å²) in [5.41, 5.74) is 4.46. The van der Waals surface area contributed by atoms with Crippen LogP contribution < -0.4 is 4.74 Å². The molecule has 2 heterocycles. The normalized spacial score (nSPS) is 11.3. The molecule has 5 heteroatoms. The topological polar surface area (TPSA) is 48.2 Å². The lowest BCUT2D eigenvalue weighted by Gasteiger charge is -2.06. The van der Waals surface area contributed by atoms with Crippen LogP contribution in [0.2, 0.25) is 5.15 Å². The van der Waals surface area contributed by atoms with Crippen LogP contribution in [-0.4, -0.2) is 17.3 Å². The maximum absolute atomic E-state index is 6.46. The number of halogens is 1. The molecule has 5 aromatic rings. The summed E-state index contributed by atoms with van der Waals surface area (Å²) in [5, 5.41) is 7.85. The maximum atomic E-state index is 6.46. The summed E-state index contributed by atoms with van der Waals surface area (Å²) in [4.78, 5) is 4.53. The highest BCUT2D eigenvalue weighted by Crippen LogP contribution is 2.35. The van der Waals surface area contributed by atoms with Gasteiger partial charge in [-0.2, -0.15) is 0 Å². The third-order valence-corrected chi connectivity index (χ3v) is 5.35. The van der Waals surface area contributed by atoms with Gasteiger partial charge in [-0.05, 0) is 47.5 Å². The average Bonchev–Trinajstić information content (AvgIpc) is 3.22. The zero-order valence-corrected chi connectivity index (χ0v) is 16.7. The number of ether oxygens (including phenoxy) is 1. The molecule has 0 radical (unpaired) electrons. The quantitative estimate of drug-likeness (QED) is 0.317. The lowest BCUT2D eigenvalue weighted by molar-refractivity contribution is 0.415. The van der Waals surface area contributed by atoms with Crippen LogP contribution in [0.1, 0.15) is 5.56 Å². The van der Waals surface area contributed by atoms with Gasteiger partial charge in [0.05, 0.1) is 18.2 Å². The van der Waals surface area contributed by atoms with Crippen molar-refractivity contribution in [2.45, 2.75) is 6.92 Å². The standard InChI is InChI=1S/C24H17ClN2O2/c1-14-6-7-16-12-20(24(25)26-21(16)10-14)23-13-22(27-29-23)19-5-3-4-15-11-17(28-2)8-9-18(15)19/h3-13H,1-2H3. The second-order valence-electron chi connectivity index (χ2n) is 6.99. The van der Waals surface area contributed by atoms with Crippen LogP contribution in [0.25, 0.3) is 44.3 Å². The zero-order valence-electron chi connectivity index (χ0n) is 15.9. The van der Waals surface area contributed by atoms with E-state index in [0.29, 0.717) is 10.9 Å². The molecule has 0 fully saturated rings. The van der Waals surface area contributed by atoms with Crippen LogP contribution in [0.4, 0.5) is 0 Å². The first-order chi connectivity index (χ1) is 14.1. The predicted octanol–water partition coefficient (Wildman–Crippen LogP) is 6.68. The monoisotopic (exact) mass is 400 g/mol. The van der Waals surface area contributed by atoms with E-state index in [4.69, 9.17) is 20.9 Å². The van der Waals surface area contributed by atoms with E-state index in [1.807, 2.05) is 61.5 Å². The van der Waals surface area contributed by atoms with E-state index in [-0.39, 0.29) is 0 Å². The van der Waals surface area contributed by atoms with Crippen molar-refractivity contribution >= 4 is 33.3 Å². The number of aryl methyl sites for hydroxylation is 1. The second-order valence-corrected chi connectivity index (χ2v) is 7.35. The molecule has 4 nitrogen and oxygen atoms in total. The molecule has 0 saturated heterocycles. The molecule has 3 aromatic carbocycles. The number of methoxy groups -OCH3 is 1. The molecule has 0 unspecified atom stereocenters.